The Bertz CT molecular complexity index is 782. The van der Waals surface area contributed by atoms with Crippen LogP contribution in [0, 0.1) is 17.8 Å². The molecule has 4 bridgehead atoms. The van der Waals surface area contributed by atoms with Crippen LogP contribution >= 0.6 is 22.9 Å². The molecule has 4 aliphatic carbocycles. The molecule has 2 amide bonds. The van der Waals surface area contributed by atoms with Gasteiger partial charge in [0.1, 0.15) is 5.52 Å². The maximum absolute atomic E-state index is 12.6. The Morgan fingerprint density at radius 1 is 1.17 bits per heavy atom. The van der Waals surface area contributed by atoms with Gasteiger partial charge in [0, 0.05) is 5.54 Å². The minimum Gasteiger partial charge on any atom is -0.332 e. The van der Waals surface area contributed by atoms with Crippen LogP contribution in [0.2, 0.25) is 5.02 Å². The fourth-order valence-corrected chi connectivity index (χ4v) is 6.76. The monoisotopic (exact) mass is 361 g/mol. The van der Waals surface area contributed by atoms with Gasteiger partial charge in [0.25, 0.3) is 0 Å². The highest BCUT2D eigenvalue weighted by Crippen LogP contribution is 2.55. The number of nitrogens with zero attached hydrogens (tertiary/aromatic N) is 1. The third-order valence-corrected chi connectivity index (χ3v) is 7.25. The molecule has 0 atom stereocenters. The molecule has 4 nitrogen and oxygen atoms in total. The molecule has 2 N–H and O–H groups in total. The molecule has 6 heteroatoms. The number of fused-ring (bicyclic) bond motifs is 1. The second-order valence-corrected chi connectivity index (χ2v) is 9.32. The first-order valence-corrected chi connectivity index (χ1v) is 9.92. The average Bonchev–Trinajstić information content (AvgIpc) is 2.88. The van der Waals surface area contributed by atoms with Crippen molar-refractivity contribution in [3.05, 3.63) is 23.2 Å². The second kappa shape index (κ2) is 5.33. The molecule has 0 spiro atoms. The number of anilines is 1. The van der Waals surface area contributed by atoms with Gasteiger partial charge in [0.05, 0.1) is 9.72 Å². The number of para-hydroxylation sites is 1. The van der Waals surface area contributed by atoms with Gasteiger partial charge in [-0.15, -0.1) is 0 Å². The van der Waals surface area contributed by atoms with E-state index < -0.39 is 0 Å². The number of carbonyl (C=O) groups is 1. The third-order valence-electron chi connectivity index (χ3n) is 6.01. The number of carbonyl (C=O) groups excluding carboxylic acids is 1. The predicted molar refractivity (Wildman–Crippen MR) is 97.7 cm³/mol. The maximum Gasteiger partial charge on any atom is 0.321 e. The summed E-state index contributed by atoms with van der Waals surface area (Å²) in [5.41, 5.74) is 0.780. The number of nitrogens with one attached hydrogen (secondary N) is 2. The minimum absolute atomic E-state index is 0.0210. The fourth-order valence-electron chi connectivity index (χ4n) is 5.60. The number of benzene rings is 1. The van der Waals surface area contributed by atoms with Gasteiger partial charge >= 0.3 is 6.03 Å². The van der Waals surface area contributed by atoms with Crippen LogP contribution < -0.4 is 10.6 Å². The topological polar surface area (TPSA) is 54.0 Å². The molecule has 4 saturated carbocycles. The predicted octanol–water partition coefficient (Wildman–Crippen LogP) is 5.04. The quantitative estimate of drug-likeness (QED) is 0.787. The standard InChI is InChI=1S/C18H20ClN3OS/c19-13-2-1-3-14-15(13)20-17(24-14)21-16(23)22-18-7-10-4-11(8-18)6-12(5-10)9-18/h1-3,10-12H,4-9H2,(H2,20,21,22,23). The Morgan fingerprint density at radius 2 is 1.83 bits per heavy atom. The van der Waals surface area contributed by atoms with Crippen LogP contribution in [0.1, 0.15) is 38.5 Å². The van der Waals surface area contributed by atoms with E-state index in [1.807, 2.05) is 18.2 Å². The van der Waals surface area contributed by atoms with E-state index in [0.29, 0.717) is 10.2 Å². The summed E-state index contributed by atoms with van der Waals surface area (Å²) in [5, 5.41) is 7.48. The zero-order chi connectivity index (χ0) is 16.3. The summed E-state index contributed by atoms with van der Waals surface area (Å²) >= 11 is 7.63. The first-order chi connectivity index (χ1) is 11.6. The molecule has 1 aromatic carbocycles. The Hall–Kier alpha value is -1.33. The average molecular weight is 362 g/mol. The lowest BCUT2D eigenvalue weighted by molar-refractivity contribution is -0.0127. The molecule has 0 unspecified atom stereocenters. The normalized spacial score (nSPS) is 33.8. The molecule has 24 heavy (non-hydrogen) atoms. The number of halogens is 1. The van der Waals surface area contributed by atoms with Gasteiger partial charge < -0.3 is 5.32 Å². The summed E-state index contributed by atoms with van der Waals surface area (Å²) in [4.78, 5) is 17.0. The third kappa shape index (κ3) is 2.49. The maximum atomic E-state index is 12.6. The van der Waals surface area contributed by atoms with Gasteiger partial charge in [-0.1, -0.05) is 29.0 Å². The lowest BCUT2D eigenvalue weighted by atomic mass is 9.53. The van der Waals surface area contributed by atoms with Crippen molar-refractivity contribution < 1.29 is 4.79 Å². The van der Waals surface area contributed by atoms with Crippen LogP contribution in [-0.2, 0) is 0 Å². The van der Waals surface area contributed by atoms with E-state index in [1.165, 1.54) is 30.6 Å². The number of rotatable bonds is 2. The van der Waals surface area contributed by atoms with E-state index in [-0.39, 0.29) is 11.6 Å². The Balaban J connectivity index is 1.33. The first-order valence-electron chi connectivity index (χ1n) is 8.73. The van der Waals surface area contributed by atoms with E-state index in [9.17, 15) is 4.79 Å². The number of amides is 2. The summed E-state index contributed by atoms with van der Waals surface area (Å²) in [6.45, 7) is 0. The van der Waals surface area contributed by atoms with Crippen molar-refractivity contribution in [1.82, 2.24) is 10.3 Å². The van der Waals surface area contributed by atoms with E-state index in [1.54, 1.807) is 0 Å². The Kier molecular flexibility index (Phi) is 3.33. The van der Waals surface area contributed by atoms with Crippen LogP contribution in [0.5, 0.6) is 0 Å². The molecule has 2 aromatic rings. The molecule has 126 valence electrons. The molecule has 0 saturated heterocycles. The SMILES string of the molecule is O=C(Nc1nc2c(Cl)cccc2s1)NC12CC3CC(CC(C3)C1)C2. The molecule has 1 heterocycles. The van der Waals surface area contributed by atoms with Crippen LogP contribution in [0.4, 0.5) is 9.93 Å². The summed E-state index contributed by atoms with van der Waals surface area (Å²) in [6, 6.07) is 5.58. The van der Waals surface area contributed by atoms with Gasteiger partial charge in [-0.2, -0.15) is 0 Å². The summed E-state index contributed by atoms with van der Waals surface area (Å²) in [7, 11) is 0. The van der Waals surface area contributed by atoms with Crippen molar-refractivity contribution >= 4 is 44.3 Å². The second-order valence-electron chi connectivity index (χ2n) is 7.88. The highest BCUT2D eigenvalue weighted by Gasteiger charge is 2.51. The lowest BCUT2D eigenvalue weighted by Crippen LogP contribution is -2.60. The number of aromatic nitrogens is 1. The van der Waals surface area contributed by atoms with Gasteiger partial charge in [-0.25, -0.2) is 9.78 Å². The Morgan fingerprint density at radius 3 is 2.46 bits per heavy atom. The van der Waals surface area contributed by atoms with Crippen molar-refractivity contribution in [3.8, 4) is 0 Å². The molecule has 0 aliphatic heterocycles. The van der Waals surface area contributed by atoms with Crippen LogP contribution in [0.25, 0.3) is 10.2 Å². The van der Waals surface area contributed by atoms with Gasteiger partial charge in [0.2, 0.25) is 0 Å². The van der Waals surface area contributed by atoms with Crippen molar-refractivity contribution in [2.45, 2.75) is 44.1 Å². The smallest absolute Gasteiger partial charge is 0.321 e. The van der Waals surface area contributed by atoms with E-state index in [2.05, 4.69) is 15.6 Å². The fraction of sp³-hybridized carbons (Fsp3) is 0.556. The highest BCUT2D eigenvalue weighted by molar-refractivity contribution is 7.22. The highest BCUT2D eigenvalue weighted by atomic mass is 35.5. The van der Waals surface area contributed by atoms with Crippen LogP contribution in [0.3, 0.4) is 0 Å². The molecule has 4 aliphatic rings. The van der Waals surface area contributed by atoms with E-state index in [0.717, 1.165) is 47.2 Å². The Labute approximate surface area is 150 Å². The molecular formula is C18H20ClN3OS. The summed E-state index contributed by atoms with van der Waals surface area (Å²) < 4.78 is 0.993. The summed E-state index contributed by atoms with van der Waals surface area (Å²) in [5.74, 6) is 2.45. The molecular weight excluding hydrogens is 342 g/mol. The lowest BCUT2D eigenvalue weighted by Gasteiger charge is -2.56. The number of thiazole rings is 1. The molecule has 1 aromatic heterocycles. The van der Waals surface area contributed by atoms with Gasteiger partial charge in [-0.3, -0.25) is 5.32 Å². The zero-order valence-corrected chi connectivity index (χ0v) is 14.9. The molecule has 6 rings (SSSR count). The van der Waals surface area contributed by atoms with Crippen LogP contribution in [0.15, 0.2) is 18.2 Å². The number of hydrogen-bond donors (Lipinski definition) is 2. The van der Waals surface area contributed by atoms with Crippen molar-refractivity contribution in [3.63, 3.8) is 0 Å². The zero-order valence-electron chi connectivity index (χ0n) is 13.3. The summed E-state index contributed by atoms with van der Waals surface area (Å²) in [6.07, 6.45) is 7.57. The number of hydrogen-bond acceptors (Lipinski definition) is 3. The van der Waals surface area contributed by atoms with Crippen molar-refractivity contribution in [1.29, 1.82) is 0 Å². The van der Waals surface area contributed by atoms with Gasteiger partial charge in [0.15, 0.2) is 5.13 Å². The first kappa shape index (κ1) is 15.0. The van der Waals surface area contributed by atoms with Crippen molar-refractivity contribution in [2.24, 2.45) is 17.8 Å². The minimum atomic E-state index is -0.118. The van der Waals surface area contributed by atoms with Crippen molar-refractivity contribution in [2.75, 3.05) is 5.32 Å². The van der Waals surface area contributed by atoms with E-state index in [4.69, 9.17) is 11.6 Å². The van der Waals surface area contributed by atoms with Crippen LogP contribution in [-0.4, -0.2) is 16.6 Å². The van der Waals surface area contributed by atoms with Gasteiger partial charge in [-0.05, 0) is 68.4 Å². The largest absolute Gasteiger partial charge is 0.332 e. The number of urea groups is 1. The molecule has 4 fully saturated rings. The molecule has 0 radical (unpaired) electrons. The van der Waals surface area contributed by atoms with E-state index >= 15 is 0 Å².